The first-order valence-corrected chi connectivity index (χ1v) is 4.58. The van der Waals surface area contributed by atoms with Gasteiger partial charge in [0.2, 0.25) is 0 Å². The van der Waals surface area contributed by atoms with E-state index in [2.05, 4.69) is 15.4 Å². The maximum Gasteiger partial charge on any atom is 0.265 e. The van der Waals surface area contributed by atoms with Crippen LogP contribution in [0.4, 0.5) is 0 Å². The molecule has 0 aromatic heterocycles. The predicted molar refractivity (Wildman–Crippen MR) is 50.5 cm³/mol. The average molecular weight is 201 g/mol. The zero-order chi connectivity index (χ0) is 10.2. The molecule has 1 aliphatic heterocycles. The van der Waals surface area contributed by atoms with E-state index < -0.39 is 0 Å². The van der Waals surface area contributed by atoms with Crippen LogP contribution in [0.1, 0.15) is 0 Å². The molecule has 14 heavy (non-hydrogen) atoms. The fraction of sp³-hybridized carbons (Fsp3) is 0.750. The number of morpholine rings is 1. The van der Waals surface area contributed by atoms with Crippen LogP contribution in [0.25, 0.3) is 0 Å². The van der Waals surface area contributed by atoms with Gasteiger partial charge >= 0.3 is 0 Å². The lowest BCUT2D eigenvalue weighted by molar-refractivity contribution is -0.114. The Morgan fingerprint density at radius 3 is 2.93 bits per heavy atom. The lowest BCUT2D eigenvalue weighted by Crippen LogP contribution is -2.41. The summed E-state index contributed by atoms with van der Waals surface area (Å²) in [6, 6.07) is 0. The molecule has 0 aromatic rings. The molecule has 0 bridgehead atoms. The Bertz CT molecular complexity index is 202. The van der Waals surface area contributed by atoms with Gasteiger partial charge in [-0.05, 0) is 0 Å². The van der Waals surface area contributed by atoms with Crippen molar-refractivity contribution >= 4 is 12.1 Å². The van der Waals surface area contributed by atoms with E-state index >= 15 is 0 Å². The highest BCUT2D eigenvalue weighted by Gasteiger charge is 2.09. The number of hydrogen-bond acceptors (Lipinski definition) is 5. The van der Waals surface area contributed by atoms with Crippen LogP contribution in [0, 0.1) is 0 Å². The van der Waals surface area contributed by atoms with Crippen molar-refractivity contribution in [3.63, 3.8) is 0 Å². The van der Waals surface area contributed by atoms with Crippen LogP contribution in [-0.4, -0.2) is 61.6 Å². The number of rotatable bonds is 4. The number of oxime groups is 1. The summed E-state index contributed by atoms with van der Waals surface area (Å²) in [5.41, 5.74) is 0. The lowest BCUT2D eigenvalue weighted by atomic mass is 10.4. The molecule has 6 nitrogen and oxygen atoms in total. The second kappa shape index (κ2) is 6.33. The van der Waals surface area contributed by atoms with Gasteiger partial charge in [-0.1, -0.05) is 5.16 Å². The van der Waals surface area contributed by atoms with Crippen molar-refractivity contribution in [2.24, 2.45) is 5.16 Å². The Labute approximate surface area is 82.5 Å². The van der Waals surface area contributed by atoms with Crippen LogP contribution in [-0.2, 0) is 9.53 Å². The summed E-state index contributed by atoms with van der Waals surface area (Å²) in [5.74, 6) is -0.374. The molecule has 1 heterocycles. The molecule has 0 aromatic carbocycles. The van der Waals surface area contributed by atoms with Crippen molar-refractivity contribution in [3.05, 3.63) is 0 Å². The van der Waals surface area contributed by atoms with Gasteiger partial charge in [-0.3, -0.25) is 9.69 Å². The van der Waals surface area contributed by atoms with Crippen molar-refractivity contribution in [2.75, 3.05) is 39.4 Å². The largest absolute Gasteiger partial charge is 0.411 e. The normalized spacial score (nSPS) is 18.6. The molecule has 1 aliphatic rings. The first-order chi connectivity index (χ1) is 6.83. The molecular weight excluding hydrogens is 186 g/mol. The third kappa shape index (κ3) is 4.20. The second-order valence-corrected chi connectivity index (χ2v) is 2.99. The molecule has 0 spiro atoms. The summed E-state index contributed by atoms with van der Waals surface area (Å²) >= 11 is 0. The molecule has 6 heteroatoms. The van der Waals surface area contributed by atoms with E-state index in [1.807, 2.05) is 0 Å². The summed E-state index contributed by atoms with van der Waals surface area (Å²) in [6.07, 6.45) is 0.847. The SMILES string of the molecule is O=C(C=NO)NCCN1CCOCC1. The van der Waals surface area contributed by atoms with Gasteiger partial charge in [-0.2, -0.15) is 0 Å². The molecule has 0 aliphatic carbocycles. The average Bonchev–Trinajstić information content (AvgIpc) is 2.20. The Morgan fingerprint density at radius 1 is 1.57 bits per heavy atom. The summed E-state index contributed by atoms with van der Waals surface area (Å²) in [7, 11) is 0. The molecule has 80 valence electrons. The van der Waals surface area contributed by atoms with E-state index in [-0.39, 0.29) is 5.91 Å². The van der Waals surface area contributed by atoms with E-state index in [0.717, 1.165) is 39.1 Å². The van der Waals surface area contributed by atoms with E-state index in [9.17, 15) is 4.79 Å². The number of nitrogens with one attached hydrogen (secondary N) is 1. The maximum atomic E-state index is 10.8. The molecule has 1 fully saturated rings. The molecule has 0 unspecified atom stereocenters. The highest BCUT2D eigenvalue weighted by Crippen LogP contribution is 1.94. The van der Waals surface area contributed by atoms with Gasteiger partial charge in [0.1, 0.15) is 6.21 Å². The molecule has 1 amide bonds. The molecule has 1 rings (SSSR count). The molecule has 1 saturated heterocycles. The molecule has 0 radical (unpaired) electrons. The van der Waals surface area contributed by atoms with E-state index in [0.29, 0.717) is 6.54 Å². The minimum Gasteiger partial charge on any atom is -0.411 e. The number of hydrogen-bond donors (Lipinski definition) is 2. The van der Waals surface area contributed by atoms with Crippen LogP contribution in [0.15, 0.2) is 5.16 Å². The first kappa shape index (κ1) is 10.9. The topological polar surface area (TPSA) is 74.2 Å². The fourth-order valence-electron chi connectivity index (χ4n) is 1.26. The van der Waals surface area contributed by atoms with Crippen molar-refractivity contribution in [2.45, 2.75) is 0 Å². The summed E-state index contributed by atoms with van der Waals surface area (Å²) in [6.45, 7) is 4.69. The van der Waals surface area contributed by atoms with Crippen molar-refractivity contribution in [1.29, 1.82) is 0 Å². The standard InChI is InChI=1S/C8H15N3O3/c12-8(7-10-13)9-1-2-11-3-5-14-6-4-11/h7,13H,1-6H2,(H,9,12). The van der Waals surface area contributed by atoms with Gasteiger partial charge in [0.25, 0.3) is 5.91 Å². The van der Waals surface area contributed by atoms with Gasteiger partial charge in [-0.15, -0.1) is 0 Å². The van der Waals surface area contributed by atoms with Crippen LogP contribution in [0.3, 0.4) is 0 Å². The Kier molecular flexibility index (Phi) is 4.95. The van der Waals surface area contributed by atoms with Crippen molar-refractivity contribution < 1.29 is 14.7 Å². The van der Waals surface area contributed by atoms with Crippen LogP contribution in [0.2, 0.25) is 0 Å². The highest BCUT2D eigenvalue weighted by atomic mass is 16.5. The zero-order valence-corrected chi connectivity index (χ0v) is 7.98. The third-order valence-electron chi connectivity index (χ3n) is 2.01. The van der Waals surface area contributed by atoms with E-state index in [1.165, 1.54) is 0 Å². The summed E-state index contributed by atoms with van der Waals surface area (Å²) in [5, 5.41) is 13.3. The quantitative estimate of drug-likeness (QED) is 0.344. The highest BCUT2D eigenvalue weighted by molar-refractivity contribution is 6.25. The molecular formula is C8H15N3O3. The van der Waals surface area contributed by atoms with Crippen LogP contribution < -0.4 is 5.32 Å². The number of ether oxygens (including phenoxy) is 1. The Balaban J connectivity index is 2.05. The molecule has 0 saturated carbocycles. The van der Waals surface area contributed by atoms with Crippen LogP contribution in [0.5, 0.6) is 0 Å². The minimum absolute atomic E-state index is 0.374. The predicted octanol–water partition coefficient (Wildman–Crippen LogP) is -1.11. The smallest absolute Gasteiger partial charge is 0.265 e. The minimum atomic E-state index is -0.374. The zero-order valence-electron chi connectivity index (χ0n) is 7.98. The second-order valence-electron chi connectivity index (χ2n) is 2.99. The maximum absolute atomic E-state index is 10.8. The first-order valence-electron chi connectivity index (χ1n) is 4.58. The van der Waals surface area contributed by atoms with Gasteiger partial charge < -0.3 is 15.3 Å². The Morgan fingerprint density at radius 2 is 2.29 bits per heavy atom. The number of carbonyl (C=O) groups excluding carboxylic acids is 1. The molecule has 0 atom stereocenters. The van der Waals surface area contributed by atoms with Crippen molar-refractivity contribution in [3.8, 4) is 0 Å². The van der Waals surface area contributed by atoms with E-state index in [4.69, 9.17) is 9.94 Å². The number of nitrogens with zero attached hydrogens (tertiary/aromatic N) is 2. The third-order valence-corrected chi connectivity index (χ3v) is 2.01. The lowest BCUT2D eigenvalue weighted by Gasteiger charge is -2.26. The fourth-order valence-corrected chi connectivity index (χ4v) is 1.26. The molecule has 2 N–H and O–H groups in total. The van der Waals surface area contributed by atoms with Gasteiger partial charge in [-0.25, -0.2) is 0 Å². The van der Waals surface area contributed by atoms with Crippen molar-refractivity contribution in [1.82, 2.24) is 10.2 Å². The van der Waals surface area contributed by atoms with Gasteiger partial charge in [0.15, 0.2) is 0 Å². The number of carbonyl (C=O) groups is 1. The monoisotopic (exact) mass is 201 g/mol. The van der Waals surface area contributed by atoms with Gasteiger partial charge in [0, 0.05) is 26.2 Å². The van der Waals surface area contributed by atoms with Gasteiger partial charge in [0.05, 0.1) is 13.2 Å². The summed E-state index contributed by atoms with van der Waals surface area (Å²) < 4.78 is 5.18. The Hall–Kier alpha value is -1.14. The van der Waals surface area contributed by atoms with E-state index in [1.54, 1.807) is 0 Å². The summed E-state index contributed by atoms with van der Waals surface area (Å²) in [4.78, 5) is 13.0. The number of amides is 1. The van der Waals surface area contributed by atoms with Crippen LogP contribution >= 0.6 is 0 Å².